The van der Waals surface area contributed by atoms with Crippen molar-refractivity contribution in [3.8, 4) is 0 Å². The minimum atomic E-state index is -0.824. The van der Waals surface area contributed by atoms with Crippen LogP contribution in [-0.2, 0) is 0 Å². The molecule has 0 amide bonds. The van der Waals surface area contributed by atoms with E-state index in [-0.39, 0.29) is 0 Å². The highest BCUT2D eigenvalue weighted by atomic mass is 19.1. The van der Waals surface area contributed by atoms with Gasteiger partial charge in [0.2, 0.25) is 0 Å². The number of rotatable bonds is 5. The molecule has 1 aromatic carbocycles. The molecule has 0 saturated carbocycles. The summed E-state index contributed by atoms with van der Waals surface area (Å²) < 4.78 is 26.3. The van der Waals surface area contributed by atoms with Gasteiger partial charge in [0.25, 0.3) is 0 Å². The molecule has 0 aliphatic carbocycles. The van der Waals surface area contributed by atoms with E-state index in [2.05, 4.69) is 23.6 Å². The van der Waals surface area contributed by atoms with Gasteiger partial charge in [-0.3, -0.25) is 4.90 Å². The van der Waals surface area contributed by atoms with Gasteiger partial charge in [-0.2, -0.15) is 0 Å². The summed E-state index contributed by atoms with van der Waals surface area (Å²) >= 11 is 0. The predicted octanol–water partition coefficient (Wildman–Crippen LogP) is 2.41. The zero-order valence-corrected chi connectivity index (χ0v) is 12.7. The second-order valence-electron chi connectivity index (χ2n) is 5.79. The third-order valence-electron chi connectivity index (χ3n) is 4.24. The lowest BCUT2D eigenvalue weighted by molar-refractivity contribution is 0.0717. The molecule has 0 radical (unpaired) electrons. The molecule has 1 aliphatic heterocycles. The van der Waals surface area contributed by atoms with Gasteiger partial charge in [0, 0.05) is 38.3 Å². The molecule has 1 aromatic rings. The van der Waals surface area contributed by atoms with E-state index in [9.17, 15) is 13.9 Å². The molecule has 1 saturated heterocycles. The van der Waals surface area contributed by atoms with Crippen LogP contribution < -0.4 is 0 Å². The Morgan fingerprint density at radius 1 is 1.24 bits per heavy atom. The first-order chi connectivity index (χ1) is 9.99. The molecular formula is C16H24F2N2O. The summed E-state index contributed by atoms with van der Waals surface area (Å²) in [4.78, 5) is 4.73. The molecule has 1 heterocycles. The van der Waals surface area contributed by atoms with Crippen molar-refractivity contribution in [3.63, 3.8) is 0 Å². The van der Waals surface area contributed by atoms with E-state index in [4.69, 9.17) is 0 Å². The normalized spacial score (nSPS) is 22.4. The van der Waals surface area contributed by atoms with Crippen LogP contribution in [0.15, 0.2) is 18.2 Å². The third kappa shape index (κ3) is 4.46. The van der Waals surface area contributed by atoms with E-state index in [1.807, 2.05) is 0 Å². The summed E-state index contributed by atoms with van der Waals surface area (Å²) in [5.74, 6) is -1.29. The predicted molar refractivity (Wildman–Crippen MR) is 79.1 cm³/mol. The number of halogens is 2. The first-order valence-electron chi connectivity index (χ1n) is 7.60. The van der Waals surface area contributed by atoms with Crippen molar-refractivity contribution < 1.29 is 13.9 Å². The largest absolute Gasteiger partial charge is 0.388 e. The SMILES string of the molecule is CCN1CCN(CCC(O)c2cc(F)cc(F)c2)CC1C. The van der Waals surface area contributed by atoms with Gasteiger partial charge in [-0.25, -0.2) is 8.78 Å². The van der Waals surface area contributed by atoms with E-state index in [1.165, 1.54) is 12.1 Å². The highest BCUT2D eigenvalue weighted by Gasteiger charge is 2.22. The lowest BCUT2D eigenvalue weighted by Crippen LogP contribution is -2.51. The second-order valence-corrected chi connectivity index (χ2v) is 5.79. The summed E-state index contributed by atoms with van der Waals surface area (Å²) in [6, 6.07) is 3.73. The molecule has 5 heteroatoms. The molecule has 2 unspecified atom stereocenters. The first kappa shape index (κ1) is 16.3. The molecule has 21 heavy (non-hydrogen) atoms. The topological polar surface area (TPSA) is 26.7 Å². The number of piperazine rings is 1. The maximum absolute atomic E-state index is 13.1. The van der Waals surface area contributed by atoms with Crippen LogP contribution in [0.2, 0.25) is 0 Å². The Labute approximate surface area is 125 Å². The first-order valence-corrected chi connectivity index (χ1v) is 7.60. The van der Waals surface area contributed by atoms with Crippen molar-refractivity contribution >= 4 is 0 Å². The van der Waals surface area contributed by atoms with Crippen molar-refractivity contribution in [1.29, 1.82) is 0 Å². The number of aliphatic hydroxyl groups excluding tert-OH is 1. The fourth-order valence-corrected chi connectivity index (χ4v) is 2.98. The van der Waals surface area contributed by atoms with Crippen LogP contribution in [-0.4, -0.2) is 53.7 Å². The van der Waals surface area contributed by atoms with Crippen molar-refractivity contribution in [2.24, 2.45) is 0 Å². The fourth-order valence-electron chi connectivity index (χ4n) is 2.98. The summed E-state index contributed by atoms with van der Waals surface area (Å²) in [6.45, 7) is 9.13. The van der Waals surface area contributed by atoms with Gasteiger partial charge >= 0.3 is 0 Å². The van der Waals surface area contributed by atoms with Crippen LogP contribution in [0.25, 0.3) is 0 Å². The van der Waals surface area contributed by atoms with Gasteiger partial charge in [0.05, 0.1) is 6.10 Å². The van der Waals surface area contributed by atoms with E-state index < -0.39 is 17.7 Å². The third-order valence-corrected chi connectivity index (χ3v) is 4.24. The summed E-state index contributed by atoms with van der Waals surface area (Å²) in [5, 5.41) is 10.1. The maximum atomic E-state index is 13.1. The van der Waals surface area contributed by atoms with E-state index in [1.54, 1.807) is 0 Å². The average molecular weight is 298 g/mol. The monoisotopic (exact) mass is 298 g/mol. The van der Waals surface area contributed by atoms with Gasteiger partial charge in [0.1, 0.15) is 11.6 Å². The Morgan fingerprint density at radius 3 is 2.48 bits per heavy atom. The smallest absolute Gasteiger partial charge is 0.126 e. The number of aliphatic hydroxyl groups is 1. The Bertz CT molecular complexity index is 449. The zero-order valence-electron chi connectivity index (χ0n) is 12.7. The number of likely N-dealkylation sites (N-methyl/N-ethyl adjacent to an activating group) is 1. The molecule has 1 fully saturated rings. The van der Waals surface area contributed by atoms with Crippen LogP contribution in [0.3, 0.4) is 0 Å². The minimum absolute atomic E-state index is 0.313. The van der Waals surface area contributed by atoms with Crippen LogP contribution in [0.5, 0.6) is 0 Å². The molecule has 1 N–H and O–H groups in total. The maximum Gasteiger partial charge on any atom is 0.126 e. The number of hydrogen-bond donors (Lipinski definition) is 1. The van der Waals surface area contributed by atoms with Gasteiger partial charge < -0.3 is 10.0 Å². The highest BCUT2D eigenvalue weighted by Crippen LogP contribution is 2.20. The molecular weight excluding hydrogens is 274 g/mol. The van der Waals surface area contributed by atoms with Crippen molar-refractivity contribution in [2.45, 2.75) is 32.4 Å². The van der Waals surface area contributed by atoms with Gasteiger partial charge in [-0.15, -0.1) is 0 Å². The van der Waals surface area contributed by atoms with Gasteiger partial charge in [-0.1, -0.05) is 6.92 Å². The quantitative estimate of drug-likeness (QED) is 0.904. The molecule has 3 nitrogen and oxygen atoms in total. The molecule has 1 aliphatic rings. The van der Waals surface area contributed by atoms with Gasteiger partial charge in [-0.05, 0) is 37.6 Å². The summed E-state index contributed by atoms with van der Waals surface area (Å²) in [7, 11) is 0. The summed E-state index contributed by atoms with van der Waals surface area (Å²) in [6.07, 6.45) is -0.337. The van der Waals surface area contributed by atoms with E-state index in [0.29, 0.717) is 18.0 Å². The zero-order chi connectivity index (χ0) is 15.4. The van der Waals surface area contributed by atoms with Crippen molar-refractivity contribution in [2.75, 3.05) is 32.7 Å². The average Bonchev–Trinajstić information content (AvgIpc) is 2.43. The van der Waals surface area contributed by atoms with Crippen LogP contribution in [0, 0.1) is 11.6 Å². The highest BCUT2D eigenvalue weighted by molar-refractivity contribution is 5.20. The standard InChI is InChI=1S/C16H24F2N2O/c1-3-20-7-6-19(11-12(20)2)5-4-16(21)13-8-14(17)10-15(18)9-13/h8-10,12,16,21H,3-7,11H2,1-2H3. The Balaban J connectivity index is 1.85. The van der Waals surface area contributed by atoms with Gasteiger partial charge in [0.15, 0.2) is 0 Å². The van der Waals surface area contributed by atoms with E-state index in [0.717, 1.165) is 38.8 Å². The number of nitrogens with zero attached hydrogens (tertiary/aromatic N) is 2. The Hall–Kier alpha value is -1.04. The van der Waals surface area contributed by atoms with E-state index >= 15 is 0 Å². The number of hydrogen-bond acceptors (Lipinski definition) is 3. The molecule has 0 aromatic heterocycles. The molecule has 0 bridgehead atoms. The van der Waals surface area contributed by atoms with Crippen molar-refractivity contribution in [1.82, 2.24) is 9.80 Å². The van der Waals surface area contributed by atoms with Crippen LogP contribution in [0.4, 0.5) is 8.78 Å². The minimum Gasteiger partial charge on any atom is -0.388 e. The Kier molecular flexibility index (Phi) is 5.67. The molecule has 2 rings (SSSR count). The lowest BCUT2D eigenvalue weighted by Gasteiger charge is -2.39. The molecule has 2 atom stereocenters. The number of benzene rings is 1. The molecule has 118 valence electrons. The second kappa shape index (κ2) is 7.29. The summed E-state index contributed by atoms with van der Waals surface area (Å²) in [5.41, 5.74) is 0.313. The Morgan fingerprint density at radius 2 is 1.90 bits per heavy atom. The van der Waals surface area contributed by atoms with Crippen LogP contribution in [0.1, 0.15) is 31.9 Å². The van der Waals surface area contributed by atoms with Crippen LogP contribution >= 0.6 is 0 Å². The fraction of sp³-hybridized carbons (Fsp3) is 0.625. The van der Waals surface area contributed by atoms with Crippen molar-refractivity contribution in [3.05, 3.63) is 35.4 Å². The molecule has 0 spiro atoms. The lowest BCUT2D eigenvalue weighted by atomic mass is 10.1.